The highest BCUT2D eigenvalue weighted by molar-refractivity contribution is 14.1. The third-order valence-electron chi connectivity index (χ3n) is 0.800. The first-order valence-corrected chi connectivity index (χ1v) is 4.84. The van der Waals surface area contributed by atoms with Gasteiger partial charge >= 0.3 is 0 Å². The highest BCUT2D eigenvalue weighted by Gasteiger charge is 1.98. The molecule has 48 valence electrons. The van der Waals surface area contributed by atoms with Gasteiger partial charge < -0.3 is 0 Å². The maximum Gasteiger partial charge on any atom is 0.120 e. The average molecular weight is 363 g/mol. The lowest BCUT2D eigenvalue weighted by molar-refractivity contribution is 1.24. The Kier molecular flexibility index (Phi) is 2.91. The van der Waals surface area contributed by atoms with E-state index in [9.17, 15) is 0 Å². The lowest BCUT2D eigenvalue weighted by atomic mass is 10.5. The molecule has 0 aromatic carbocycles. The second kappa shape index (κ2) is 3.30. The molecule has 0 amide bonds. The van der Waals surface area contributed by atoms with Gasteiger partial charge in [-0.05, 0) is 60.5 Å². The minimum atomic E-state index is 0.887. The van der Waals surface area contributed by atoms with Crippen LogP contribution in [-0.2, 0) is 0 Å². The van der Waals surface area contributed by atoms with Gasteiger partial charge in [-0.25, -0.2) is 4.98 Å². The summed E-state index contributed by atoms with van der Waals surface area (Å²) in [5.41, 5.74) is 0. The molecule has 0 fully saturated rings. The van der Waals surface area contributed by atoms with E-state index in [1.54, 1.807) is 6.20 Å². The molecule has 0 aliphatic carbocycles. The van der Waals surface area contributed by atoms with Crippen LogP contribution in [0.5, 0.6) is 0 Å². The number of halogens is 3. The summed E-state index contributed by atoms with van der Waals surface area (Å²) >= 11 is 8.88. The molecule has 0 atom stereocenters. The molecular weight excluding hydrogens is 361 g/mol. The SMILES string of the molecule is Brc1ccnc(Br)c1I. The third kappa shape index (κ3) is 1.88. The number of nitrogens with zero attached hydrogens (tertiary/aromatic N) is 1. The van der Waals surface area contributed by atoms with Crippen molar-refractivity contribution in [2.75, 3.05) is 0 Å². The van der Waals surface area contributed by atoms with Gasteiger partial charge in [-0.1, -0.05) is 0 Å². The van der Waals surface area contributed by atoms with Crippen LogP contribution in [0, 0.1) is 3.57 Å². The largest absolute Gasteiger partial charge is 0.248 e. The second-order valence-electron chi connectivity index (χ2n) is 1.40. The number of hydrogen-bond acceptors (Lipinski definition) is 1. The molecule has 0 N–H and O–H groups in total. The molecule has 1 heterocycles. The fourth-order valence-corrected chi connectivity index (χ4v) is 1.62. The zero-order valence-corrected chi connectivity index (χ0v) is 9.57. The highest BCUT2D eigenvalue weighted by Crippen LogP contribution is 2.23. The first-order chi connectivity index (χ1) is 4.22. The Morgan fingerprint density at radius 1 is 1.44 bits per heavy atom. The van der Waals surface area contributed by atoms with E-state index in [-0.39, 0.29) is 0 Å². The van der Waals surface area contributed by atoms with Crippen LogP contribution in [0.3, 0.4) is 0 Å². The Morgan fingerprint density at radius 2 is 2.11 bits per heavy atom. The van der Waals surface area contributed by atoms with Crippen molar-refractivity contribution in [2.45, 2.75) is 0 Å². The maximum atomic E-state index is 4.02. The minimum absolute atomic E-state index is 0.887. The summed E-state index contributed by atoms with van der Waals surface area (Å²) in [4.78, 5) is 4.02. The van der Waals surface area contributed by atoms with E-state index in [1.807, 2.05) is 6.07 Å². The lowest BCUT2D eigenvalue weighted by Crippen LogP contribution is -1.79. The molecule has 0 aliphatic rings. The summed E-state index contributed by atoms with van der Waals surface area (Å²) < 4.78 is 3.07. The molecule has 1 nitrogen and oxygen atoms in total. The van der Waals surface area contributed by atoms with Gasteiger partial charge in [0.05, 0.1) is 3.57 Å². The van der Waals surface area contributed by atoms with Crippen molar-refractivity contribution in [2.24, 2.45) is 0 Å². The smallest absolute Gasteiger partial charge is 0.120 e. The highest BCUT2D eigenvalue weighted by atomic mass is 127. The average Bonchev–Trinajstić information content (AvgIpc) is 1.83. The molecule has 0 bridgehead atoms. The number of aromatic nitrogens is 1. The number of rotatable bonds is 0. The normalized spacial score (nSPS) is 9.67. The van der Waals surface area contributed by atoms with Gasteiger partial charge in [-0.3, -0.25) is 0 Å². The molecule has 9 heavy (non-hydrogen) atoms. The molecule has 1 rings (SSSR count). The molecule has 0 saturated heterocycles. The fourth-order valence-electron chi connectivity index (χ4n) is 0.397. The van der Waals surface area contributed by atoms with Crippen LogP contribution in [0.15, 0.2) is 21.3 Å². The molecule has 0 saturated carbocycles. The molecule has 1 aromatic rings. The predicted octanol–water partition coefficient (Wildman–Crippen LogP) is 3.21. The van der Waals surface area contributed by atoms with Gasteiger partial charge in [0.15, 0.2) is 0 Å². The summed E-state index contributed by atoms with van der Waals surface area (Å²) in [5, 5.41) is 0. The van der Waals surface area contributed by atoms with Gasteiger partial charge in [-0.2, -0.15) is 0 Å². The first-order valence-electron chi connectivity index (χ1n) is 2.17. The van der Waals surface area contributed by atoms with E-state index in [1.165, 1.54) is 0 Å². The summed E-state index contributed by atoms with van der Waals surface area (Å²) in [6.45, 7) is 0. The van der Waals surface area contributed by atoms with E-state index in [0.717, 1.165) is 12.6 Å². The zero-order chi connectivity index (χ0) is 6.85. The lowest BCUT2D eigenvalue weighted by Gasteiger charge is -1.94. The maximum absolute atomic E-state index is 4.02. The van der Waals surface area contributed by atoms with E-state index >= 15 is 0 Å². The van der Waals surface area contributed by atoms with Gasteiger partial charge in [-0.15, -0.1) is 0 Å². The van der Waals surface area contributed by atoms with Crippen molar-refractivity contribution in [1.82, 2.24) is 4.98 Å². The molecule has 0 aliphatic heterocycles. The second-order valence-corrected chi connectivity index (χ2v) is 4.08. The van der Waals surface area contributed by atoms with Gasteiger partial charge in [0, 0.05) is 10.7 Å². The van der Waals surface area contributed by atoms with Gasteiger partial charge in [0.2, 0.25) is 0 Å². The summed E-state index contributed by atoms with van der Waals surface area (Å²) in [6.07, 6.45) is 1.75. The van der Waals surface area contributed by atoms with Crippen molar-refractivity contribution in [3.63, 3.8) is 0 Å². The third-order valence-corrected chi connectivity index (χ3v) is 4.64. The summed E-state index contributed by atoms with van der Waals surface area (Å²) in [5.74, 6) is 0. The van der Waals surface area contributed by atoms with Crippen molar-refractivity contribution >= 4 is 54.5 Å². The molecule has 1 aromatic heterocycles. The Labute approximate surface area is 83.6 Å². The van der Waals surface area contributed by atoms with Crippen molar-refractivity contribution in [1.29, 1.82) is 0 Å². The van der Waals surface area contributed by atoms with Gasteiger partial charge in [0.1, 0.15) is 4.60 Å². The van der Waals surface area contributed by atoms with Crippen LogP contribution in [-0.4, -0.2) is 4.98 Å². The topological polar surface area (TPSA) is 12.9 Å². The van der Waals surface area contributed by atoms with E-state index < -0.39 is 0 Å². The van der Waals surface area contributed by atoms with Crippen LogP contribution in [0.1, 0.15) is 0 Å². The summed E-state index contributed by atoms with van der Waals surface area (Å²) in [6, 6.07) is 1.91. The Hall–Kier alpha value is 0.840. The number of hydrogen-bond donors (Lipinski definition) is 0. The Morgan fingerprint density at radius 3 is 2.56 bits per heavy atom. The van der Waals surface area contributed by atoms with Crippen LogP contribution >= 0.6 is 54.5 Å². The Balaban J connectivity index is 3.25. The fraction of sp³-hybridized carbons (Fsp3) is 0. The quantitative estimate of drug-likeness (QED) is 0.510. The Bertz CT molecular complexity index is 206. The zero-order valence-electron chi connectivity index (χ0n) is 4.24. The van der Waals surface area contributed by atoms with E-state index in [2.05, 4.69) is 59.4 Å². The van der Waals surface area contributed by atoms with Crippen molar-refractivity contribution in [3.05, 3.63) is 24.9 Å². The minimum Gasteiger partial charge on any atom is -0.248 e. The van der Waals surface area contributed by atoms with E-state index in [0.29, 0.717) is 0 Å². The standard InChI is InChI=1S/C5H2Br2IN/c6-3-1-2-9-5(7)4(3)8/h1-2H. The predicted molar refractivity (Wildman–Crippen MR) is 52.4 cm³/mol. The van der Waals surface area contributed by atoms with Crippen molar-refractivity contribution < 1.29 is 0 Å². The van der Waals surface area contributed by atoms with Crippen LogP contribution in [0.4, 0.5) is 0 Å². The van der Waals surface area contributed by atoms with Crippen LogP contribution in [0.2, 0.25) is 0 Å². The monoisotopic (exact) mass is 361 g/mol. The molecule has 0 unspecified atom stereocenters. The molecule has 0 spiro atoms. The number of pyridine rings is 1. The molecular formula is C5H2Br2IN. The summed E-state index contributed by atoms with van der Waals surface area (Å²) in [7, 11) is 0. The van der Waals surface area contributed by atoms with Crippen LogP contribution < -0.4 is 0 Å². The van der Waals surface area contributed by atoms with Gasteiger partial charge in [0.25, 0.3) is 0 Å². The molecule has 0 radical (unpaired) electrons. The van der Waals surface area contributed by atoms with E-state index in [4.69, 9.17) is 0 Å². The first kappa shape index (κ1) is 7.94. The van der Waals surface area contributed by atoms with Crippen LogP contribution in [0.25, 0.3) is 0 Å². The van der Waals surface area contributed by atoms with Crippen molar-refractivity contribution in [3.8, 4) is 0 Å². The molecule has 4 heteroatoms.